The van der Waals surface area contributed by atoms with Gasteiger partial charge in [-0.1, -0.05) is 55.8 Å². The SMILES string of the molecule is CS/C(Cl)=C\C1C(C(=O)OCc2cccc(Cn3cccc3)c2)C1(C)C. The summed E-state index contributed by atoms with van der Waals surface area (Å²) < 4.78 is 8.45. The van der Waals surface area contributed by atoms with Crippen LogP contribution in [0, 0.1) is 17.3 Å². The second-order valence-corrected chi connectivity index (χ2v) is 8.76. The van der Waals surface area contributed by atoms with E-state index in [-0.39, 0.29) is 23.2 Å². The fourth-order valence-corrected chi connectivity index (χ4v) is 3.81. The maximum Gasteiger partial charge on any atom is 0.310 e. The van der Waals surface area contributed by atoms with Crippen molar-refractivity contribution in [3.05, 3.63) is 70.4 Å². The maximum absolute atomic E-state index is 12.5. The van der Waals surface area contributed by atoms with E-state index in [1.165, 1.54) is 17.3 Å². The summed E-state index contributed by atoms with van der Waals surface area (Å²) in [6.45, 7) is 5.28. The molecule has 26 heavy (non-hydrogen) atoms. The van der Waals surface area contributed by atoms with Crippen LogP contribution in [0.4, 0.5) is 0 Å². The molecule has 1 aliphatic carbocycles. The lowest BCUT2D eigenvalue weighted by Gasteiger charge is -2.08. The number of hydrogen-bond acceptors (Lipinski definition) is 3. The second kappa shape index (κ2) is 7.93. The zero-order valence-corrected chi connectivity index (χ0v) is 16.9. The quantitative estimate of drug-likeness (QED) is 0.602. The van der Waals surface area contributed by atoms with Crippen LogP contribution in [0.1, 0.15) is 25.0 Å². The van der Waals surface area contributed by atoms with Crippen LogP contribution in [0.25, 0.3) is 0 Å². The van der Waals surface area contributed by atoms with Gasteiger partial charge in [0.15, 0.2) is 0 Å². The number of halogens is 1. The molecule has 2 aromatic rings. The number of carbonyl (C=O) groups is 1. The number of benzene rings is 1. The number of esters is 1. The van der Waals surface area contributed by atoms with Crippen LogP contribution in [0.2, 0.25) is 0 Å². The lowest BCUT2D eigenvalue weighted by Crippen LogP contribution is -2.11. The first-order valence-electron chi connectivity index (χ1n) is 8.68. The number of nitrogens with zero attached hydrogens (tertiary/aromatic N) is 1. The molecule has 1 heterocycles. The van der Waals surface area contributed by atoms with Crippen LogP contribution in [-0.4, -0.2) is 16.8 Å². The summed E-state index contributed by atoms with van der Waals surface area (Å²) >= 11 is 7.61. The third kappa shape index (κ3) is 4.36. The molecule has 5 heteroatoms. The molecule has 2 unspecified atom stereocenters. The van der Waals surface area contributed by atoms with Gasteiger partial charge in [-0.15, -0.1) is 11.8 Å². The van der Waals surface area contributed by atoms with Crippen LogP contribution in [-0.2, 0) is 22.7 Å². The summed E-state index contributed by atoms with van der Waals surface area (Å²) in [6, 6.07) is 12.2. The first-order valence-corrected chi connectivity index (χ1v) is 10.3. The Balaban J connectivity index is 1.58. The summed E-state index contributed by atoms with van der Waals surface area (Å²) in [6.07, 6.45) is 7.99. The Morgan fingerprint density at radius 3 is 2.65 bits per heavy atom. The van der Waals surface area contributed by atoms with Crippen molar-refractivity contribution in [1.82, 2.24) is 4.57 Å². The lowest BCUT2D eigenvalue weighted by molar-refractivity contribution is -0.147. The number of allylic oxidation sites excluding steroid dienone is 1. The van der Waals surface area contributed by atoms with Crippen molar-refractivity contribution in [2.75, 3.05) is 6.26 Å². The molecule has 1 aromatic carbocycles. The van der Waals surface area contributed by atoms with E-state index in [4.69, 9.17) is 16.3 Å². The summed E-state index contributed by atoms with van der Waals surface area (Å²) in [5, 5.41) is 0. The molecule has 0 N–H and O–H groups in total. The number of aromatic nitrogens is 1. The van der Waals surface area contributed by atoms with Crippen molar-refractivity contribution in [2.45, 2.75) is 27.0 Å². The van der Waals surface area contributed by atoms with Gasteiger partial charge in [-0.05, 0) is 40.8 Å². The first-order chi connectivity index (χ1) is 12.4. The van der Waals surface area contributed by atoms with Crippen LogP contribution in [0.15, 0.2) is 59.2 Å². The summed E-state index contributed by atoms with van der Waals surface area (Å²) in [4.78, 5) is 12.5. The first kappa shape index (κ1) is 19.1. The third-order valence-electron chi connectivity index (χ3n) is 5.07. The van der Waals surface area contributed by atoms with Gasteiger partial charge in [-0.25, -0.2) is 0 Å². The zero-order valence-electron chi connectivity index (χ0n) is 15.3. The van der Waals surface area contributed by atoms with Gasteiger partial charge >= 0.3 is 5.97 Å². The van der Waals surface area contributed by atoms with Crippen molar-refractivity contribution in [3.8, 4) is 0 Å². The molecule has 1 aliphatic rings. The number of thioether (sulfide) groups is 1. The van der Waals surface area contributed by atoms with E-state index in [9.17, 15) is 4.79 Å². The molecule has 0 bridgehead atoms. The van der Waals surface area contributed by atoms with Crippen molar-refractivity contribution >= 4 is 29.3 Å². The smallest absolute Gasteiger partial charge is 0.310 e. The predicted octanol–water partition coefficient (Wildman–Crippen LogP) is 5.30. The Bertz CT molecular complexity index is 798. The molecule has 0 spiro atoms. The van der Waals surface area contributed by atoms with Gasteiger partial charge in [0.2, 0.25) is 0 Å². The van der Waals surface area contributed by atoms with E-state index in [2.05, 4.69) is 30.5 Å². The fourth-order valence-electron chi connectivity index (χ4n) is 3.40. The number of carbonyl (C=O) groups excluding carboxylic acids is 1. The standard InChI is InChI=1S/C21H24ClNO2S/c1-21(2)17(12-18(22)26-3)19(21)20(24)25-14-16-8-6-7-15(11-16)13-23-9-4-5-10-23/h4-12,17,19H,13-14H2,1-3H3/b18-12-. The van der Waals surface area contributed by atoms with Crippen LogP contribution >= 0.6 is 23.4 Å². The van der Waals surface area contributed by atoms with Crippen molar-refractivity contribution in [3.63, 3.8) is 0 Å². The Morgan fingerprint density at radius 1 is 1.27 bits per heavy atom. The highest BCUT2D eigenvalue weighted by molar-refractivity contribution is 8.03. The Kier molecular flexibility index (Phi) is 5.83. The molecule has 0 radical (unpaired) electrons. The molecule has 1 fully saturated rings. The van der Waals surface area contributed by atoms with E-state index >= 15 is 0 Å². The molecule has 0 aliphatic heterocycles. The molecule has 1 aromatic heterocycles. The number of ether oxygens (including phenoxy) is 1. The molecular formula is C21H24ClNO2S. The van der Waals surface area contributed by atoms with Gasteiger partial charge in [0.25, 0.3) is 0 Å². The molecule has 0 saturated heterocycles. The van der Waals surface area contributed by atoms with E-state index in [0.717, 1.165) is 16.5 Å². The van der Waals surface area contributed by atoms with Crippen molar-refractivity contribution in [2.24, 2.45) is 17.3 Å². The van der Waals surface area contributed by atoms with Gasteiger partial charge in [0.1, 0.15) is 6.61 Å². The molecule has 1 saturated carbocycles. The minimum Gasteiger partial charge on any atom is -0.461 e. The molecule has 0 amide bonds. The fraction of sp³-hybridized carbons (Fsp3) is 0.381. The highest BCUT2D eigenvalue weighted by Gasteiger charge is 2.61. The Morgan fingerprint density at radius 2 is 1.96 bits per heavy atom. The van der Waals surface area contributed by atoms with E-state index in [1.807, 2.05) is 49.0 Å². The van der Waals surface area contributed by atoms with E-state index < -0.39 is 0 Å². The Hall–Kier alpha value is -1.65. The maximum atomic E-state index is 12.5. The molecule has 2 atom stereocenters. The van der Waals surface area contributed by atoms with Crippen LogP contribution in [0.3, 0.4) is 0 Å². The second-order valence-electron chi connectivity index (χ2n) is 7.28. The van der Waals surface area contributed by atoms with E-state index in [0.29, 0.717) is 6.61 Å². The normalized spacial score (nSPS) is 21.5. The summed E-state index contributed by atoms with van der Waals surface area (Å²) in [5.41, 5.74) is 2.10. The van der Waals surface area contributed by atoms with Gasteiger partial charge in [0.05, 0.1) is 10.3 Å². The van der Waals surface area contributed by atoms with Gasteiger partial charge < -0.3 is 9.30 Å². The average Bonchev–Trinajstić information content (AvgIpc) is 2.96. The highest BCUT2D eigenvalue weighted by Crippen LogP contribution is 2.60. The third-order valence-corrected chi connectivity index (χ3v) is 6.19. The molecule has 3 rings (SSSR count). The number of rotatable bonds is 7. The molecule has 3 nitrogen and oxygen atoms in total. The lowest BCUT2D eigenvalue weighted by atomic mass is 10.1. The van der Waals surface area contributed by atoms with Crippen LogP contribution in [0.5, 0.6) is 0 Å². The monoisotopic (exact) mass is 389 g/mol. The summed E-state index contributed by atoms with van der Waals surface area (Å²) in [5.74, 6) is -0.112. The highest BCUT2D eigenvalue weighted by atomic mass is 35.5. The molecular weight excluding hydrogens is 366 g/mol. The van der Waals surface area contributed by atoms with Crippen molar-refractivity contribution in [1.29, 1.82) is 0 Å². The minimum atomic E-state index is -0.141. The van der Waals surface area contributed by atoms with Gasteiger partial charge in [-0.2, -0.15) is 0 Å². The van der Waals surface area contributed by atoms with Gasteiger partial charge in [0, 0.05) is 18.9 Å². The van der Waals surface area contributed by atoms with Crippen molar-refractivity contribution < 1.29 is 9.53 Å². The zero-order chi connectivity index (χ0) is 18.7. The number of hydrogen-bond donors (Lipinski definition) is 0. The predicted molar refractivity (Wildman–Crippen MR) is 108 cm³/mol. The largest absolute Gasteiger partial charge is 0.461 e. The minimum absolute atomic E-state index is 0.0940. The Labute approximate surface area is 164 Å². The van der Waals surface area contributed by atoms with E-state index in [1.54, 1.807) is 0 Å². The molecule has 138 valence electrons. The average molecular weight is 390 g/mol. The topological polar surface area (TPSA) is 31.2 Å². The summed E-state index contributed by atoms with van der Waals surface area (Å²) in [7, 11) is 0. The van der Waals surface area contributed by atoms with Crippen LogP contribution < -0.4 is 0 Å². The van der Waals surface area contributed by atoms with Gasteiger partial charge in [-0.3, -0.25) is 4.79 Å².